The first kappa shape index (κ1) is 46.1. The van der Waals surface area contributed by atoms with E-state index >= 15 is 0 Å². The van der Waals surface area contributed by atoms with Crippen molar-refractivity contribution in [1.29, 1.82) is 5.41 Å². The molecule has 49 heavy (non-hydrogen) atoms. The second-order valence-electron chi connectivity index (χ2n) is 10.7. The Morgan fingerprint density at radius 3 is 1.96 bits per heavy atom. The fourth-order valence-corrected chi connectivity index (χ4v) is 4.40. The first-order chi connectivity index (χ1) is 22.3. The van der Waals surface area contributed by atoms with E-state index in [1.54, 1.807) is 12.1 Å². The first-order valence-corrected chi connectivity index (χ1v) is 15.1. The van der Waals surface area contributed by atoms with E-state index in [4.69, 9.17) is 43.4 Å². The third kappa shape index (κ3) is 15.7. The van der Waals surface area contributed by atoms with Gasteiger partial charge in [-0.05, 0) is 37.0 Å². The number of nitrogen functional groups attached to an aromatic ring is 2. The maximum absolute atomic E-state index is 12.3. The molecule has 2 rings (SSSR count). The number of amides is 1. The summed E-state index contributed by atoms with van der Waals surface area (Å²) >= 11 is 5.78. The van der Waals surface area contributed by atoms with Crippen LogP contribution in [0.4, 0.5) is 11.6 Å². The number of hydrogen-bond acceptors (Lipinski definition) is 16. The second-order valence-corrected chi connectivity index (χ2v) is 11.1. The summed E-state index contributed by atoms with van der Waals surface area (Å²) in [6, 6.07) is 7.26. The van der Waals surface area contributed by atoms with Gasteiger partial charge < -0.3 is 62.4 Å². The van der Waals surface area contributed by atoms with Gasteiger partial charge in [0.1, 0.15) is 36.8 Å². The summed E-state index contributed by atoms with van der Waals surface area (Å²) in [7, 11) is 0. The number of unbranched alkanes of at least 4 members (excludes halogenated alkanes) is 1. The maximum Gasteiger partial charge on any atom is 0.280 e. The van der Waals surface area contributed by atoms with Crippen LogP contribution in [-0.2, 0) is 6.42 Å². The lowest BCUT2D eigenvalue weighted by Gasteiger charge is -2.32. The molecule has 15 N–H and O–H groups in total. The molecule has 280 valence electrons. The summed E-state index contributed by atoms with van der Waals surface area (Å²) in [5, 5.41) is 90.7. The molecule has 0 saturated carbocycles. The second kappa shape index (κ2) is 23.5. The van der Waals surface area contributed by atoms with Crippen LogP contribution in [-0.4, -0.2) is 150 Å². The highest BCUT2D eigenvalue weighted by Crippen LogP contribution is 2.17. The molecule has 2 aromatic rings. The predicted octanol–water partition coefficient (Wildman–Crippen LogP) is -2.75. The number of benzene rings is 1. The first-order valence-electron chi connectivity index (χ1n) is 14.7. The third-order valence-corrected chi connectivity index (χ3v) is 7.27. The summed E-state index contributed by atoms with van der Waals surface area (Å²) in [5.41, 5.74) is 11.9. The summed E-state index contributed by atoms with van der Waals surface area (Å²) in [4.78, 5) is 21.2. The number of aryl methyl sites for hydroxylation is 1. The number of guanidine groups is 1. The van der Waals surface area contributed by atoms with Crippen LogP contribution in [0.25, 0.3) is 0 Å². The van der Waals surface area contributed by atoms with Gasteiger partial charge in [0.05, 0.1) is 25.4 Å². The van der Waals surface area contributed by atoms with Gasteiger partial charge in [-0.3, -0.25) is 20.4 Å². The summed E-state index contributed by atoms with van der Waals surface area (Å²) in [5.74, 6) is -0.797. The number of halogens is 3. The van der Waals surface area contributed by atoms with Crippen LogP contribution >= 0.6 is 36.4 Å². The number of anilines is 2. The summed E-state index contributed by atoms with van der Waals surface area (Å²) in [6.45, 7) is -1.54. The molecule has 0 aliphatic heterocycles. The number of hydrogen-bond donors (Lipinski definition) is 13. The Morgan fingerprint density at radius 1 is 0.878 bits per heavy atom. The Kier molecular flexibility index (Phi) is 22.2. The van der Waals surface area contributed by atoms with Crippen molar-refractivity contribution in [1.82, 2.24) is 25.5 Å². The molecule has 1 heterocycles. The van der Waals surface area contributed by atoms with Crippen LogP contribution < -0.4 is 26.8 Å². The Bertz CT molecular complexity index is 1250. The van der Waals surface area contributed by atoms with Crippen LogP contribution in [0.2, 0.25) is 5.15 Å². The average Bonchev–Trinajstić information content (AvgIpc) is 3.05. The zero-order valence-electron chi connectivity index (χ0n) is 26.4. The zero-order valence-corrected chi connectivity index (χ0v) is 28.8. The highest BCUT2D eigenvalue weighted by molar-refractivity contribution is 6.31. The number of rotatable bonds is 20. The largest absolute Gasteiger partial charge is 0.492 e. The molecule has 0 radical (unpaired) electrons. The Balaban J connectivity index is 0.0000115. The number of nitrogens with two attached hydrogens (primary N) is 2. The Morgan fingerprint density at radius 2 is 1.43 bits per heavy atom. The molecule has 1 amide bonds. The lowest BCUT2D eigenvalue weighted by Crippen LogP contribution is -2.51. The highest BCUT2D eigenvalue weighted by atomic mass is 35.5. The minimum Gasteiger partial charge on any atom is -0.492 e. The Labute approximate surface area is 300 Å². The van der Waals surface area contributed by atoms with Crippen molar-refractivity contribution < 1.29 is 50.4 Å². The van der Waals surface area contributed by atoms with Crippen LogP contribution in [0.3, 0.4) is 0 Å². The fourth-order valence-electron chi connectivity index (χ4n) is 4.27. The average molecular weight is 762 g/mol. The normalized spacial score (nSPS) is 14.7. The molecule has 0 saturated heterocycles. The topological polar surface area (TPSA) is 317 Å². The van der Waals surface area contributed by atoms with Gasteiger partial charge in [0.15, 0.2) is 28.4 Å². The van der Waals surface area contributed by atoms with Crippen LogP contribution in [0.5, 0.6) is 5.75 Å². The van der Waals surface area contributed by atoms with Crippen LogP contribution in [0.1, 0.15) is 28.9 Å². The van der Waals surface area contributed by atoms with Gasteiger partial charge in [-0.2, -0.15) is 0 Å². The van der Waals surface area contributed by atoms with E-state index in [1.165, 1.54) is 4.90 Å². The van der Waals surface area contributed by atoms with E-state index in [0.29, 0.717) is 18.7 Å². The highest BCUT2D eigenvalue weighted by Gasteiger charge is 2.30. The van der Waals surface area contributed by atoms with Crippen molar-refractivity contribution in [3.8, 4) is 5.75 Å². The van der Waals surface area contributed by atoms with Gasteiger partial charge in [0, 0.05) is 26.2 Å². The van der Waals surface area contributed by atoms with Crippen LogP contribution in [0.15, 0.2) is 24.3 Å². The molecule has 0 aliphatic carbocycles. The molecule has 0 fully saturated rings. The minimum atomic E-state index is -1.68. The lowest BCUT2D eigenvalue weighted by molar-refractivity contribution is -0.101. The van der Waals surface area contributed by atoms with E-state index in [0.717, 1.165) is 18.4 Å². The van der Waals surface area contributed by atoms with Crippen molar-refractivity contribution in [2.24, 2.45) is 0 Å². The Hall–Kier alpha value is -2.85. The number of aromatic nitrogens is 2. The van der Waals surface area contributed by atoms with E-state index in [-0.39, 0.29) is 79.5 Å². The monoisotopic (exact) mass is 760 g/mol. The number of aliphatic hydroxyl groups is 8. The molecular weight excluding hydrogens is 715 g/mol. The zero-order chi connectivity index (χ0) is 35.1. The standard InChI is InChI=1S/C28H45ClN8O10.2ClH/c29-24-26(31)35-25(30)21(34-24)27(46)36-28(32)33-8-2-1-3-15-4-6-16(7-5-15)47-10-9-37(11-17(40)22(44)19(42)13-38)12-18(41)23(45)20(43)14-39;;/h4-7,17-20,22-23,38-45H,1-3,8-14H2,(H4,30,31,35)(H3,32,33,36,46);2*1H/t17-,18-,19-,20-,22+,23+;;/m1../s1. The van der Waals surface area contributed by atoms with Crippen molar-refractivity contribution in [2.45, 2.75) is 55.9 Å². The smallest absolute Gasteiger partial charge is 0.280 e. The van der Waals surface area contributed by atoms with Gasteiger partial charge in [-0.1, -0.05) is 23.7 Å². The maximum atomic E-state index is 12.3. The molecule has 0 unspecified atom stereocenters. The van der Waals surface area contributed by atoms with E-state index in [2.05, 4.69) is 20.6 Å². The number of nitrogens with one attached hydrogen (secondary N) is 3. The van der Waals surface area contributed by atoms with Crippen LogP contribution in [0, 0.1) is 5.41 Å². The van der Waals surface area contributed by atoms with Gasteiger partial charge in [-0.15, -0.1) is 24.8 Å². The minimum absolute atomic E-state index is 0. The number of aliphatic hydroxyl groups excluding tert-OH is 8. The number of ether oxygens (including phenoxy) is 1. The molecule has 0 spiro atoms. The molecule has 21 heteroatoms. The van der Waals surface area contributed by atoms with E-state index in [9.17, 15) is 35.4 Å². The quantitative estimate of drug-likeness (QED) is 0.0369. The molecule has 6 atom stereocenters. The van der Waals surface area contributed by atoms with E-state index in [1.807, 2.05) is 12.1 Å². The SMILES string of the molecule is Cl.Cl.N=C(NCCCCc1ccc(OCCN(C[C@@H](O)[C@H](O)[C@H](O)CO)C[C@@H](O)[C@H](O)[C@H](O)CO)cc1)NC(=O)c1nc(Cl)c(N)nc1N. The third-order valence-electron chi connectivity index (χ3n) is 6.99. The molecule has 1 aromatic heterocycles. The van der Waals surface area contributed by atoms with Crippen molar-refractivity contribution >= 4 is 59.9 Å². The number of nitrogens with zero attached hydrogens (tertiary/aromatic N) is 3. The van der Waals surface area contributed by atoms with Gasteiger partial charge >= 0.3 is 0 Å². The predicted molar refractivity (Wildman–Crippen MR) is 185 cm³/mol. The molecule has 18 nitrogen and oxygen atoms in total. The molecular formula is C28H47Cl3N8O10. The molecule has 0 bridgehead atoms. The lowest BCUT2D eigenvalue weighted by atomic mass is 10.1. The van der Waals surface area contributed by atoms with Gasteiger partial charge in [0.25, 0.3) is 5.91 Å². The summed E-state index contributed by atoms with van der Waals surface area (Å²) in [6.07, 6.45) is -7.41. The number of carbonyl (C=O) groups is 1. The van der Waals surface area contributed by atoms with Crippen molar-refractivity contribution in [3.05, 3.63) is 40.7 Å². The fraction of sp³-hybridized carbons (Fsp3) is 0.571. The molecule has 1 aromatic carbocycles. The van der Waals surface area contributed by atoms with Crippen molar-refractivity contribution in [2.75, 3.05) is 57.5 Å². The number of carbonyl (C=O) groups excluding carboxylic acids is 1. The summed E-state index contributed by atoms with van der Waals surface area (Å²) < 4.78 is 5.76. The van der Waals surface area contributed by atoms with Gasteiger partial charge in [-0.25, -0.2) is 9.97 Å². The van der Waals surface area contributed by atoms with Gasteiger partial charge in [0.2, 0.25) is 0 Å². The molecule has 0 aliphatic rings. The van der Waals surface area contributed by atoms with Crippen molar-refractivity contribution in [3.63, 3.8) is 0 Å². The van der Waals surface area contributed by atoms with E-state index < -0.39 is 55.7 Å².